The second kappa shape index (κ2) is 5.50. The molecule has 0 aliphatic carbocycles. The van der Waals surface area contributed by atoms with Gasteiger partial charge in [-0.15, -0.1) is 0 Å². The van der Waals surface area contributed by atoms with Crippen LogP contribution in [0.3, 0.4) is 0 Å². The predicted molar refractivity (Wildman–Crippen MR) is 77.7 cm³/mol. The first kappa shape index (κ1) is 13.5. The Kier molecular flexibility index (Phi) is 3.72. The van der Waals surface area contributed by atoms with Crippen molar-refractivity contribution in [3.05, 3.63) is 39.4 Å². The summed E-state index contributed by atoms with van der Waals surface area (Å²) in [6.07, 6.45) is 3.78. The van der Waals surface area contributed by atoms with Gasteiger partial charge in [-0.1, -0.05) is 12.1 Å². The summed E-state index contributed by atoms with van der Waals surface area (Å²) in [6, 6.07) is 6.74. The predicted octanol–water partition coefficient (Wildman–Crippen LogP) is 2.23. The van der Waals surface area contributed by atoms with Crippen molar-refractivity contribution in [2.24, 2.45) is 0 Å². The number of aryl methyl sites for hydroxylation is 1. The van der Waals surface area contributed by atoms with Crippen molar-refractivity contribution in [3.8, 4) is 0 Å². The van der Waals surface area contributed by atoms with Crippen molar-refractivity contribution >= 4 is 5.69 Å². The van der Waals surface area contributed by atoms with Gasteiger partial charge in [0.05, 0.1) is 4.92 Å². The molecule has 2 aliphatic heterocycles. The minimum absolute atomic E-state index is 0.221. The number of benzene rings is 1. The van der Waals surface area contributed by atoms with Gasteiger partial charge in [0.15, 0.2) is 0 Å². The third-order valence-corrected chi connectivity index (χ3v) is 4.64. The summed E-state index contributed by atoms with van der Waals surface area (Å²) in [7, 11) is 0. The fourth-order valence-electron chi connectivity index (χ4n) is 3.53. The molecule has 1 N–H and O–H groups in total. The molecule has 2 heterocycles. The van der Waals surface area contributed by atoms with Crippen LogP contribution in [0.1, 0.15) is 30.4 Å². The van der Waals surface area contributed by atoms with Crippen molar-refractivity contribution in [2.45, 2.75) is 44.8 Å². The molecule has 0 spiro atoms. The smallest absolute Gasteiger partial charge is 0.272 e. The summed E-state index contributed by atoms with van der Waals surface area (Å²) < 4.78 is 0. The Bertz CT molecular complexity index is 518. The minimum atomic E-state index is -0.299. The van der Waals surface area contributed by atoms with Gasteiger partial charge in [0.1, 0.15) is 0 Å². The van der Waals surface area contributed by atoms with Crippen LogP contribution in [0.25, 0.3) is 0 Å². The lowest BCUT2D eigenvalue weighted by molar-refractivity contribution is -0.385. The maximum atomic E-state index is 11.0. The van der Waals surface area contributed by atoms with Gasteiger partial charge in [0, 0.05) is 36.8 Å². The normalized spacial score (nSPS) is 25.9. The van der Waals surface area contributed by atoms with Crippen molar-refractivity contribution in [2.75, 3.05) is 13.1 Å². The lowest BCUT2D eigenvalue weighted by atomic mass is 10.1. The molecule has 1 aromatic rings. The van der Waals surface area contributed by atoms with Crippen molar-refractivity contribution in [1.82, 2.24) is 10.2 Å². The van der Waals surface area contributed by atoms with E-state index in [0.717, 1.165) is 17.7 Å². The standard InChI is InChI=1S/C15H21N3O2/c1-11-4-5-12(9-15(11)18(19)20)10-16-13-6-8-17-7-2-3-14(13)17/h4-5,9,13-14,16H,2-3,6-8,10H2,1H3. The molecule has 108 valence electrons. The van der Waals surface area contributed by atoms with Crippen molar-refractivity contribution in [1.29, 1.82) is 0 Å². The molecule has 1 aromatic carbocycles. The van der Waals surface area contributed by atoms with Crippen LogP contribution in [0.5, 0.6) is 0 Å². The molecule has 2 atom stereocenters. The highest BCUT2D eigenvalue weighted by Gasteiger charge is 2.36. The lowest BCUT2D eigenvalue weighted by Gasteiger charge is -2.21. The molecule has 0 bridgehead atoms. The first-order chi connectivity index (χ1) is 9.65. The number of rotatable bonds is 4. The van der Waals surface area contributed by atoms with Crippen LogP contribution < -0.4 is 5.32 Å². The van der Waals surface area contributed by atoms with Gasteiger partial charge < -0.3 is 5.32 Å². The average Bonchev–Trinajstić information content (AvgIpc) is 3.01. The molecule has 5 nitrogen and oxygen atoms in total. The molecule has 20 heavy (non-hydrogen) atoms. The summed E-state index contributed by atoms with van der Waals surface area (Å²) in [6.45, 7) is 4.92. The molecule has 0 radical (unpaired) electrons. The van der Waals surface area contributed by atoms with Crippen LogP contribution in [0, 0.1) is 17.0 Å². The number of hydrogen-bond acceptors (Lipinski definition) is 4. The molecular formula is C15H21N3O2. The Balaban J connectivity index is 1.64. The summed E-state index contributed by atoms with van der Waals surface area (Å²) in [4.78, 5) is 13.2. The van der Waals surface area contributed by atoms with Gasteiger partial charge in [-0.05, 0) is 38.3 Å². The Morgan fingerprint density at radius 2 is 2.25 bits per heavy atom. The summed E-state index contributed by atoms with van der Waals surface area (Å²) in [5.74, 6) is 0. The highest BCUT2D eigenvalue weighted by molar-refractivity contribution is 5.42. The summed E-state index contributed by atoms with van der Waals surface area (Å²) in [5.41, 5.74) is 1.94. The Morgan fingerprint density at radius 1 is 1.40 bits per heavy atom. The van der Waals surface area contributed by atoms with E-state index in [1.54, 1.807) is 13.0 Å². The molecule has 2 fully saturated rings. The lowest BCUT2D eigenvalue weighted by Crippen LogP contribution is -2.38. The quantitative estimate of drug-likeness (QED) is 0.676. The second-order valence-corrected chi connectivity index (χ2v) is 5.90. The van der Waals surface area contributed by atoms with Gasteiger partial charge in [-0.2, -0.15) is 0 Å². The number of fused-ring (bicyclic) bond motifs is 1. The van der Waals surface area contributed by atoms with Gasteiger partial charge >= 0.3 is 0 Å². The van der Waals surface area contributed by atoms with E-state index in [4.69, 9.17) is 0 Å². The van der Waals surface area contributed by atoms with E-state index in [1.165, 1.54) is 32.4 Å². The second-order valence-electron chi connectivity index (χ2n) is 5.90. The average molecular weight is 275 g/mol. The zero-order valence-corrected chi connectivity index (χ0v) is 11.8. The molecular weight excluding hydrogens is 254 g/mol. The van der Waals surface area contributed by atoms with Gasteiger partial charge in [-0.25, -0.2) is 0 Å². The van der Waals surface area contributed by atoms with E-state index in [-0.39, 0.29) is 10.6 Å². The van der Waals surface area contributed by atoms with Gasteiger partial charge in [0.25, 0.3) is 5.69 Å². The topological polar surface area (TPSA) is 58.4 Å². The number of nitrogens with one attached hydrogen (secondary N) is 1. The van der Waals surface area contributed by atoms with E-state index in [0.29, 0.717) is 12.1 Å². The largest absolute Gasteiger partial charge is 0.308 e. The van der Waals surface area contributed by atoms with Crippen LogP contribution in [-0.2, 0) is 6.54 Å². The number of nitro groups is 1. The van der Waals surface area contributed by atoms with E-state index in [1.807, 2.05) is 12.1 Å². The van der Waals surface area contributed by atoms with Gasteiger partial charge in [0.2, 0.25) is 0 Å². The fraction of sp³-hybridized carbons (Fsp3) is 0.600. The van der Waals surface area contributed by atoms with Crippen LogP contribution in [0.2, 0.25) is 0 Å². The summed E-state index contributed by atoms with van der Waals surface area (Å²) in [5, 5.41) is 14.6. The molecule has 2 aliphatic rings. The van der Waals surface area contributed by atoms with Crippen molar-refractivity contribution < 1.29 is 4.92 Å². The molecule has 2 unspecified atom stereocenters. The maximum Gasteiger partial charge on any atom is 0.272 e. The number of nitrogens with zero attached hydrogens (tertiary/aromatic N) is 2. The van der Waals surface area contributed by atoms with E-state index < -0.39 is 0 Å². The van der Waals surface area contributed by atoms with E-state index in [9.17, 15) is 10.1 Å². The molecule has 2 saturated heterocycles. The molecule has 0 saturated carbocycles. The third kappa shape index (κ3) is 2.55. The Labute approximate surface area is 119 Å². The minimum Gasteiger partial charge on any atom is -0.308 e. The first-order valence-electron chi connectivity index (χ1n) is 7.36. The molecule has 3 rings (SSSR count). The Hall–Kier alpha value is -1.46. The Morgan fingerprint density at radius 3 is 3.05 bits per heavy atom. The summed E-state index contributed by atoms with van der Waals surface area (Å²) >= 11 is 0. The van der Waals surface area contributed by atoms with E-state index in [2.05, 4.69) is 10.2 Å². The third-order valence-electron chi connectivity index (χ3n) is 4.64. The monoisotopic (exact) mass is 275 g/mol. The highest BCUT2D eigenvalue weighted by atomic mass is 16.6. The van der Waals surface area contributed by atoms with Crippen LogP contribution in [-0.4, -0.2) is 35.0 Å². The SMILES string of the molecule is Cc1ccc(CNC2CCN3CCCC23)cc1[N+](=O)[O-]. The maximum absolute atomic E-state index is 11.0. The number of nitro benzene ring substituents is 1. The van der Waals surface area contributed by atoms with Crippen LogP contribution >= 0.6 is 0 Å². The van der Waals surface area contributed by atoms with Crippen molar-refractivity contribution in [3.63, 3.8) is 0 Å². The van der Waals surface area contributed by atoms with Gasteiger partial charge in [-0.3, -0.25) is 15.0 Å². The van der Waals surface area contributed by atoms with Crippen LogP contribution in [0.4, 0.5) is 5.69 Å². The highest BCUT2D eigenvalue weighted by Crippen LogP contribution is 2.28. The molecule has 5 heteroatoms. The molecule has 0 amide bonds. The first-order valence-corrected chi connectivity index (χ1v) is 7.36. The number of hydrogen-bond donors (Lipinski definition) is 1. The van der Waals surface area contributed by atoms with Crippen LogP contribution in [0.15, 0.2) is 18.2 Å². The zero-order chi connectivity index (χ0) is 14.1. The van der Waals surface area contributed by atoms with E-state index >= 15 is 0 Å². The molecule has 0 aromatic heterocycles. The zero-order valence-electron chi connectivity index (χ0n) is 11.8. The fourth-order valence-corrected chi connectivity index (χ4v) is 3.53.